The Morgan fingerprint density at radius 2 is 1.72 bits per heavy atom. The normalized spacial score (nSPS) is 10.7. The minimum atomic E-state index is 0.0254. The number of amides is 1. The first-order chi connectivity index (χ1) is 15.5. The number of nitrogens with zero attached hydrogens (tertiary/aromatic N) is 4. The minimum Gasteiger partial charge on any atom is -0.497 e. The number of thioether (sulfide) groups is 1. The number of benzene rings is 2. The van der Waals surface area contributed by atoms with Gasteiger partial charge in [-0.15, -0.1) is 10.2 Å². The number of rotatable bonds is 10. The average Bonchev–Trinajstić information content (AvgIpc) is 3.20. The summed E-state index contributed by atoms with van der Waals surface area (Å²) >= 11 is 1.37. The first-order valence-corrected chi connectivity index (χ1v) is 11.1. The van der Waals surface area contributed by atoms with E-state index in [1.54, 1.807) is 26.2 Å². The van der Waals surface area contributed by atoms with Gasteiger partial charge in [0.1, 0.15) is 11.6 Å². The molecule has 0 radical (unpaired) electrons. The second kappa shape index (κ2) is 10.9. The molecule has 0 N–H and O–H groups in total. The van der Waals surface area contributed by atoms with Gasteiger partial charge in [-0.3, -0.25) is 9.36 Å². The highest BCUT2D eigenvalue weighted by Gasteiger charge is 2.16. The molecule has 3 aromatic rings. The molecule has 0 spiro atoms. The van der Waals surface area contributed by atoms with Crippen LogP contribution in [0.15, 0.2) is 47.6 Å². The van der Waals surface area contributed by atoms with Crippen molar-refractivity contribution in [2.75, 3.05) is 40.7 Å². The third-order valence-electron chi connectivity index (χ3n) is 5.06. The van der Waals surface area contributed by atoms with Crippen molar-refractivity contribution in [3.63, 3.8) is 0 Å². The fourth-order valence-electron chi connectivity index (χ4n) is 3.16. The molecule has 32 heavy (non-hydrogen) atoms. The van der Waals surface area contributed by atoms with Crippen molar-refractivity contribution in [1.29, 1.82) is 0 Å². The molecule has 3 rings (SSSR count). The highest BCUT2D eigenvalue weighted by molar-refractivity contribution is 7.99. The van der Waals surface area contributed by atoms with Crippen LogP contribution in [0.2, 0.25) is 0 Å². The number of aryl methyl sites for hydroxylation is 1. The summed E-state index contributed by atoms with van der Waals surface area (Å²) in [7, 11) is 6.66. The van der Waals surface area contributed by atoms with Crippen molar-refractivity contribution in [1.82, 2.24) is 19.7 Å². The van der Waals surface area contributed by atoms with Gasteiger partial charge < -0.3 is 19.1 Å². The zero-order valence-corrected chi connectivity index (χ0v) is 19.8. The van der Waals surface area contributed by atoms with Crippen LogP contribution in [0.3, 0.4) is 0 Å². The number of hydrogen-bond acceptors (Lipinski definition) is 7. The van der Waals surface area contributed by atoms with E-state index in [1.165, 1.54) is 11.8 Å². The van der Waals surface area contributed by atoms with Crippen LogP contribution in [-0.2, 0) is 11.2 Å². The van der Waals surface area contributed by atoms with Gasteiger partial charge in [-0.25, -0.2) is 0 Å². The Kier molecular flexibility index (Phi) is 7.99. The summed E-state index contributed by atoms with van der Waals surface area (Å²) in [6.45, 7) is 2.48. The Hall–Kier alpha value is -3.20. The summed E-state index contributed by atoms with van der Waals surface area (Å²) in [5.74, 6) is 3.21. The van der Waals surface area contributed by atoms with E-state index in [0.29, 0.717) is 29.6 Å². The first kappa shape index (κ1) is 23.5. The predicted octanol–water partition coefficient (Wildman–Crippen LogP) is 3.39. The molecule has 0 aliphatic heterocycles. The van der Waals surface area contributed by atoms with Crippen LogP contribution in [-0.4, -0.2) is 66.2 Å². The molecule has 0 aliphatic rings. The van der Waals surface area contributed by atoms with E-state index < -0.39 is 0 Å². The Morgan fingerprint density at radius 3 is 2.38 bits per heavy atom. The van der Waals surface area contributed by atoms with Gasteiger partial charge in [0.2, 0.25) is 5.91 Å². The van der Waals surface area contributed by atoms with Gasteiger partial charge in [-0.2, -0.15) is 0 Å². The lowest BCUT2D eigenvalue weighted by atomic mass is 10.1. The van der Waals surface area contributed by atoms with E-state index in [0.717, 1.165) is 22.8 Å². The number of carbonyl (C=O) groups is 1. The zero-order valence-electron chi connectivity index (χ0n) is 19.0. The van der Waals surface area contributed by atoms with E-state index in [2.05, 4.69) is 10.2 Å². The highest BCUT2D eigenvalue weighted by Crippen LogP contribution is 2.28. The van der Waals surface area contributed by atoms with Crippen LogP contribution in [0.1, 0.15) is 11.4 Å². The van der Waals surface area contributed by atoms with Gasteiger partial charge >= 0.3 is 0 Å². The van der Waals surface area contributed by atoms with Crippen LogP contribution in [0.25, 0.3) is 5.69 Å². The topological polar surface area (TPSA) is 78.7 Å². The molecule has 0 saturated carbocycles. The molecule has 2 aromatic carbocycles. The van der Waals surface area contributed by atoms with Crippen LogP contribution >= 0.6 is 11.8 Å². The minimum absolute atomic E-state index is 0.0254. The summed E-state index contributed by atoms with van der Waals surface area (Å²) in [4.78, 5) is 14.4. The zero-order chi connectivity index (χ0) is 23.1. The van der Waals surface area contributed by atoms with Crippen molar-refractivity contribution in [2.45, 2.75) is 18.5 Å². The molecule has 0 saturated heterocycles. The molecule has 0 unspecified atom stereocenters. The van der Waals surface area contributed by atoms with E-state index >= 15 is 0 Å². The quantitative estimate of drug-likeness (QED) is 0.433. The van der Waals surface area contributed by atoms with Gasteiger partial charge in [-0.05, 0) is 55.3 Å². The summed E-state index contributed by atoms with van der Waals surface area (Å²) in [6, 6.07) is 13.4. The molecule has 1 aromatic heterocycles. The maximum Gasteiger partial charge on any atom is 0.232 e. The standard InChI is InChI=1S/C23H28N4O4S/c1-16-24-25-23(27(16)18-7-9-19(29-3)10-8-18)32-15-22(28)26(2)13-12-17-6-11-20(30-4)21(14-17)31-5/h6-11,14H,12-13,15H2,1-5H3. The Morgan fingerprint density at radius 1 is 1.00 bits per heavy atom. The van der Waals surface area contributed by atoms with Gasteiger partial charge in [0.25, 0.3) is 0 Å². The van der Waals surface area contributed by atoms with Crippen molar-refractivity contribution in [3.05, 3.63) is 53.9 Å². The maximum absolute atomic E-state index is 12.7. The van der Waals surface area contributed by atoms with Gasteiger partial charge in [-0.1, -0.05) is 17.8 Å². The fourth-order valence-corrected chi connectivity index (χ4v) is 4.10. The molecule has 1 amide bonds. The summed E-state index contributed by atoms with van der Waals surface area (Å²) in [6.07, 6.45) is 0.717. The van der Waals surface area contributed by atoms with Gasteiger partial charge in [0.05, 0.1) is 27.1 Å². The van der Waals surface area contributed by atoms with Crippen molar-refractivity contribution < 1.29 is 19.0 Å². The van der Waals surface area contributed by atoms with Crippen molar-refractivity contribution in [2.24, 2.45) is 0 Å². The van der Waals surface area contributed by atoms with E-state index in [9.17, 15) is 4.79 Å². The smallest absolute Gasteiger partial charge is 0.232 e. The Labute approximate surface area is 192 Å². The van der Waals surface area contributed by atoms with Crippen LogP contribution in [0.4, 0.5) is 0 Å². The van der Waals surface area contributed by atoms with Gasteiger partial charge in [0, 0.05) is 19.3 Å². The Bertz CT molecular complexity index is 1050. The summed E-state index contributed by atoms with van der Waals surface area (Å²) < 4.78 is 17.8. The lowest BCUT2D eigenvalue weighted by Crippen LogP contribution is -2.30. The number of methoxy groups -OCH3 is 3. The van der Waals surface area contributed by atoms with Crippen molar-refractivity contribution in [3.8, 4) is 22.9 Å². The number of carbonyl (C=O) groups excluding carboxylic acids is 1. The lowest BCUT2D eigenvalue weighted by molar-refractivity contribution is -0.127. The number of likely N-dealkylation sites (N-methyl/N-ethyl adjacent to an activating group) is 1. The molecular weight excluding hydrogens is 428 g/mol. The molecule has 1 heterocycles. The Balaban J connectivity index is 1.59. The second-order valence-electron chi connectivity index (χ2n) is 7.11. The van der Waals surface area contributed by atoms with Crippen molar-refractivity contribution >= 4 is 17.7 Å². The predicted molar refractivity (Wildman–Crippen MR) is 124 cm³/mol. The third-order valence-corrected chi connectivity index (χ3v) is 5.97. The van der Waals surface area contributed by atoms with Gasteiger partial charge in [0.15, 0.2) is 16.7 Å². The number of hydrogen-bond donors (Lipinski definition) is 0. The fraction of sp³-hybridized carbons (Fsp3) is 0.348. The summed E-state index contributed by atoms with van der Waals surface area (Å²) in [5, 5.41) is 9.10. The monoisotopic (exact) mass is 456 g/mol. The summed E-state index contributed by atoms with van der Waals surface area (Å²) in [5.41, 5.74) is 2.00. The molecular formula is C23H28N4O4S. The van der Waals surface area contributed by atoms with E-state index in [4.69, 9.17) is 14.2 Å². The lowest BCUT2D eigenvalue weighted by Gasteiger charge is -2.17. The molecule has 9 heteroatoms. The van der Waals surface area contributed by atoms with Crippen LogP contribution in [0, 0.1) is 6.92 Å². The first-order valence-electron chi connectivity index (χ1n) is 10.1. The highest BCUT2D eigenvalue weighted by atomic mass is 32.2. The molecule has 170 valence electrons. The third kappa shape index (κ3) is 5.53. The molecule has 0 aliphatic carbocycles. The average molecular weight is 457 g/mol. The van der Waals surface area contributed by atoms with E-state index in [-0.39, 0.29) is 11.7 Å². The molecule has 0 fully saturated rings. The SMILES string of the molecule is COc1ccc(-n2c(C)nnc2SCC(=O)N(C)CCc2ccc(OC)c(OC)c2)cc1. The molecule has 8 nitrogen and oxygen atoms in total. The number of aromatic nitrogens is 3. The van der Waals surface area contributed by atoms with Crippen LogP contribution in [0.5, 0.6) is 17.2 Å². The number of ether oxygens (including phenoxy) is 3. The van der Waals surface area contributed by atoms with E-state index in [1.807, 2.05) is 61.0 Å². The largest absolute Gasteiger partial charge is 0.497 e. The second-order valence-corrected chi connectivity index (χ2v) is 8.05. The maximum atomic E-state index is 12.7. The molecule has 0 bridgehead atoms. The molecule has 0 atom stereocenters. The van der Waals surface area contributed by atoms with Crippen LogP contribution < -0.4 is 14.2 Å².